The van der Waals surface area contributed by atoms with Crippen LogP contribution in [0.3, 0.4) is 0 Å². The summed E-state index contributed by atoms with van der Waals surface area (Å²) in [6, 6.07) is 10.7. The SMILES string of the molecule is CC(C)COc1ccc(-c2ccc(C=O)c(=O)[nH]2)cc1. The molecule has 0 fully saturated rings. The molecule has 0 radical (unpaired) electrons. The van der Waals surface area contributed by atoms with E-state index in [0.717, 1.165) is 11.3 Å². The van der Waals surface area contributed by atoms with Crippen molar-refractivity contribution in [2.24, 2.45) is 5.92 Å². The van der Waals surface area contributed by atoms with E-state index in [2.05, 4.69) is 18.8 Å². The Balaban J connectivity index is 2.19. The number of carbonyl (C=O) groups is 1. The van der Waals surface area contributed by atoms with Gasteiger partial charge in [0.2, 0.25) is 0 Å². The lowest BCUT2D eigenvalue weighted by Crippen LogP contribution is -2.11. The van der Waals surface area contributed by atoms with Crippen LogP contribution in [0.4, 0.5) is 0 Å². The first-order chi connectivity index (χ1) is 9.60. The van der Waals surface area contributed by atoms with Gasteiger partial charge in [-0.1, -0.05) is 13.8 Å². The Morgan fingerprint density at radius 3 is 2.40 bits per heavy atom. The summed E-state index contributed by atoms with van der Waals surface area (Å²) in [5, 5.41) is 0. The zero-order valence-corrected chi connectivity index (χ0v) is 11.6. The number of hydrogen-bond donors (Lipinski definition) is 1. The molecule has 4 nitrogen and oxygen atoms in total. The summed E-state index contributed by atoms with van der Waals surface area (Å²) in [5.41, 5.74) is 1.30. The van der Waals surface area contributed by atoms with Gasteiger partial charge < -0.3 is 9.72 Å². The number of aldehydes is 1. The van der Waals surface area contributed by atoms with E-state index in [0.29, 0.717) is 24.5 Å². The van der Waals surface area contributed by atoms with Crippen molar-refractivity contribution in [3.8, 4) is 17.0 Å². The number of H-pyrrole nitrogens is 1. The maximum atomic E-state index is 11.6. The molecule has 1 N–H and O–H groups in total. The fraction of sp³-hybridized carbons (Fsp3) is 0.250. The number of carbonyl (C=O) groups excluding carboxylic acids is 1. The highest BCUT2D eigenvalue weighted by Gasteiger charge is 2.03. The van der Waals surface area contributed by atoms with Crippen molar-refractivity contribution >= 4 is 6.29 Å². The minimum Gasteiger partial charge on any atom is -0.493 e. The molecule has 0 aliphatic rings. The predicted molar refractivity (Wildman–Crippen MR) is 78.2 cm³/mol. The summed E-state index contributed by atoms with van der Waals surface area (Å²) >= 11 is 0. The van der Waals surface area contributed by atoms with E-state index >= 15 is 0 Å². The van der Waals surface area contributed by atoms with Crippen LogP contribution in [0.15, 0.2) is 41.2 Å². The lowest BCUT2D eigenvalue weighted by molar-refractivity contribution is 0.112. The third-order valence-electron chi connectivity index (χ3n) is 2.82. The molecule has 2 aromatic rings. The molecule has 104 valence electrons. The van der Waals surface area contributed by atoms with Crippen molar-refractivity contribution < 1.29 is 9.53 Å². The summed E-state index contributed by atoms with van der Waals surface area (Å²) in [6.45, 7) is 4.85. The van der Waals surface area contributed by atoms with Gasteiger partial charge in [0.15, 0.2) is 6.29 Å². The van der Waals surface area contributed by atoms with Crippen LogP contribution in [0.5, 0.6) is 5.75 Å². The van der Waals surface area contributed by atoms with Crippen molar-refractivity contribution in [3.05, 3.63) is 52.3 Å². The Morgan fingerprint density at radius 1 is 1.15 bits per heavy atom. The van der Waals surface area contributed by atoms with Gasteiger partial charge in [0.1, 0.15) is 5.75 Å². The van der Waals surface area contributed by atoms with Gasteiger partial charge in [0.05, 0.1) is 12.2 Å². The third kappa shape index (κ3) is 3.35. The molecule has 0 amide bonds. The van der Waals surface area contributed by atoms with E-state index in [9.17, 15) is 9.59 Å². The van der Waals surface area contributed by atoms with Crippen molar-refractivity contribution in [3.63, 3.8) is 0 Å². The second-order valence-electron chi connectivity index (χ2n) is 5.00. The molecular weight excluding hydrogens is 254 g/mol. The van der Waals surface area contributed by atoms with Crippen LogP contribution < -0.4 is 10.3 Å². The third-order valence-corrected chi connectivity index (χ3v) is 2.82. The number of aromatic nitrogens is 1. The smallest absolute Gasteiger partial charge is 0.258 e. The number of rotatable bonds is 5. The van der Waals surface area contributed by atoms with Crippen molar-refractivity contribution in [2.45, 2.75) is 13.8 Å². The largest absolute Gasteiger partial charge is 0.493 e. The van der Waals surface area contributed by atoms with E-state index in [1.54, 1.807) is 6.07 Å². The topological polar surface area (TPSA) is 59.2 Å². The van der Waals surface area contributed by atoms with Crippen molar-refractivity contribution in [1.29, 1.82) is 0 Å². The predicted octanol–water partition coefficient (Wildman–Crippen LogP) is 2.89. The van der Waals surface area contributed by atoms with E-state index in [1.165, 1.54) is 6.07 Å². The monoisotopic (exact) mass is 271 g/mol. The van der Waals surface area contributed by atoms with Gasteiger partial charge in [-0.05, 0) is 47.9 Å². The Bertz CT molecular complexity index is 642. The molecule has 20 heavy (non-hydrogen) atoms. The van der Waals surface area contributed by atoms with Crippen LogP contribution in [0.2, 0.25) is 0 Å². The normalized spacial score (nSPS) is 10.6. The van der Waals surface area contributed by atoms with Gasteiger partial charge >= 0.3 is 0 Å². The molecular formula is C16H17NO3. The van der Waals surface area contributed by atoms with Crippen LogP contribution in [-0.4, -0.2) is 17.9 Å². The minimum absolute atomic E-state index is 0.130. The first-order valence-electron chi connectivity index (χ1n) is 6.52. The molecule has 0 atom stereocenters. The Labute approximate surface area is 117 Å². The van der Waals surface area contributed by atoms with Crippen LogP contribution in [-0.2, 0) is 0 Å². The molecule has 4 heteroatoms. The van der Waals surface area contributed by atoms with Crippen LogP contribution in [0.25, 0.3) is 11.3 Å². The minimum atomic E-state index is -0.377. The van der Waals surface area contributed by atoms with Crippen molar-refractivity contribution in [2.75, 3.05) is 6.61 Å². The van der Waals surface area contributed by atoms with Gasteiger partial charge in [0, 0.05) is 5.69 Å². The summed E-state index contributed by atoms with van der Waals surface area (Å²) in [6.07, 6.45) is 0.547. The van der Waals surface area contributed by atoms with Gasteiger partial charge in [-0.15, -0.1) is 0 Å². The Hall–Kier alpha value is -2.36. The van der Waals surface area contributed by atoms with Crippen molar-refractivity contribution in [1.82, 2.24) is 4.98 Å². The van der Waals surface area contributed by atoms with E-state index in [1.807, 2.05) is 24.3 Å². The number of benzene rings is 1. The molecule has 0 bridgehead atoms. The first-order valence-corrected chi connectivity index (χ1v) is 6.52. The van der Waals surface area contributed by atoms with Gasteiger partial charge in [-0.25, -0.2) is 0 Å². The zero-order chi connectivity index (χ0) is 14.5. The zero-order valence-electron chi connectivity index (χ0n) is 11.6. The second kappa shape index (κ2) is 6.19. The van der Waals surface area contributed by atoms with Gasteiger partial charge in [-0.3, -0.25) is 9.59 Å². The maximum absolute atomic E-state index is 11.6. The molecule has 0 aliphatic heterocycles. The maximum Gasteiger partial charge on any atom is 0.258 e. The van der Waals surface area contributed by atoms with Crippen LogP contribution in [0, 0.1) is 5.92 Å². The number of nitrogens with one attached hydrogen (secondary N) is 1. The molecule has 1 aromatic heterocycles. The average molecular weight is 271 g/mol. The summed E-state index contributed by atoms with van der Waals surface area (Å²) in [4.78, 5) is 24.9. The quantitative estimate of drug-likeness (QED) is 0.851. The molecule has 0 unspecified atom stereocenters. The lowest BCUT2D eigenvalue weighted by atomic mass is 10.1. The summed E-state index contributed by atoms with van der Waals surface area (Å²) < 4.78 is 5.60. The fourth-order valence-electron chi connectivity index (χ4n) is 1.74. The van der Waals surface area contributed by atoms with E-state index < -0.39 is 0 Å². The molecule has 0 aliphatic carbocycles. The van der Waals surface area contributed by atoms with Gasteiger partial charge in [-0.2, -0.15) is 0 Å². The highest BCUT2D eigenvalue weighted by molar-refractivity contribution is 5.75. The number of aromatic amines is 1. The Kier molecular flexibility index (Phi) is 4.35. The molecule has 1 heterocycles. The molecule has 1 aromatic carbocycles. The van der Waals surface area contributed by atoms with E-state index in [4.69, 9.17) is 4.74 Å². The first kappa shape index (κ1) is 14.1. The van der Waals surface area contributed by atoms with Crippen LogP contribution in [0.1, 0.15) is 24.2 Å². The molecule has 0 saturated carbocycles. The summed E-state index contributed by atoms with van der Waals surface area (Å²) in [7, 11) is 0. The van der Waals surface area contributed by atoms with Gasteiger partial charge in [0.25, 0.3) is 5.56 Å². The second-order valence-corrected chi connectivity index (χ2v) is 5.00. The standard InChI is InChI=1S/C16H17NO3/c1-11(2)10-20-14-6-3-12(4-7-14)15-8-5-13(9-18)16(19)17-15/h3-9,11H,10H2,1-2H3,(H,17,19). The average Bonchev–Trinajstić information content (AvgIpc) is 2.45. The number of pyridine rings is 1. The van der Waals surface area contributed by atoms with E-state index in [-0.39, 0.29) is 11.1 Å². The lowest BCUT2D eigenvalue weighted by Gasteiger charge is -2.09. The highest BCUT2D eigenvalue weighted by atomic mass is 16.5. The fourth-order valence-corrected chi connectivity index (χ4v) is 1.74. The Morgan fingerprint density at radius 2 is 1.85 bits per heavy atom. The summed E-state index contributed by atoms with van der Waals surface area (Å²) in [5.74, 6) is 1.27. The highest BCUT2D eigenvalue weighted by Crippen LogP contribution is 2.20. The molecule has 0 spiro atoms. The van der Waals surface area contributed by atoms with Crippen LogP contribution >= 0.6 is 0 Å². The molecule has 2 rings (SSSR count). The number of ether oxygens (including phenoxy) is 1. The molecule has 0 saturated heterocycles. The number of hydrogen-bond acceptors (Lipinski definition) is 3.